The highest BCUT2D eigenvalue weighted by Gasteiger charge is 2.51. The Morgan fingerprint density at radius 2 is 1.73 bits per heavy atom. The van der Waals surface area contributed by atoms with Gasteiger partial charge >= 0.3 is 15.6 Å². The SMILES string of the molecule is NC(=O)c1ccc[n+]([C@@H]2O[C@H](COP(=O)([O-])OP(=O)(O)OC[C@H]3O[C@@H](n4cnc5c(N)ncnc54)[C@H](O)[C@@H]3OP(=O)(O)O)[C@@H](O)[C@H]2O)c1. The molecule has 0 spiro atoms. The van der Waals surface area contributed by atoms with Gasteiger partial charge in [-0.05, 0) is 6.07 Å². The van der Waals surface area contributed by atoms with Gasteiger partial charge in [0, 0.05) is 6.07 Å². The number of rotatable bonds is 13. The van der Waals surface area contributed by atoms with Gasteiger partial charge in [-0.1, -0.05) is 0 Å². The molecule has 2 saturated heterocycles. The molecule has 0 saturated carbocycles. The van der Waals surface area contributed by atoms with Crippen molar-refractivity contribution in [1.29, 1.82) is 0 Å². The number of hydrogen-bond donors (Lipinski definition) is 8. The summed E-state index contributed by atoms with van der Waals surface area (Å²) in [6.45, 7) is -2.17. The van der Waals surface area contributed by atoms with Gasteiger partial charge in [-0.2, -0.15) is 4.57 Å². The van der Waals surface area contributed by atoms with Crippen LogP contribution in [0, 0.1) is 0 Å². The van der Waals surface area contributed by atoms with Gasteiger partial charge in [-0.15, -0.1) is 0 Å². The van der Waals surface area contributed by atoms with Gasteiger partial charge < -0.3 is 60.4 Å². The second-order valence-corrected chi connectivity index (χ2v) is 14.4. The number of nitrogens with two attached hydrogens (primary N) is 2. The first kappa shape index (κ1) is 36.4. The van der Waals surface area contributed by atoms with Gasteiger partial charge in [-0.3, -0.25) is 23.0 Å². The van der Waals surface area contributed by atoms with E-state index in [0.29, 0.717) is 0 Å². The molecule has 2 fully saturated rings. The van der Waals surface area contributed by atoms with Crippen molar-refractivity contribution in [2.75, 3.05) is 18.9 Å². The van der Waals surface area contributed by atoms with Gasteiger partial charge in [0.15, 0.2) is 36.2 Å². The third kappa shape index (κ3) is 8.12. The Labute approximate surface area is 267 Å². The van der Waals surface area contributed by atoms with Crippen LogP contribution in [0.25, 0.3) is 11.2 Å². The lowest BCUT2D eigenvalue weighted by Gasteiger charge is -2.27. The second-order valence-electron chi connectivity index (χ2n) is 10.2. The maximum Gasteiger partial charge on any atom is 0.478 e. The van der Waals surface area contributed by atoms with Crippen LogP contribution in [0.2, 0.25) is 0 Å². The van der Waals surface area contributed by atoms with Gasteiger partial charge in [0.2, 0.25) is 0 Å². The van der Waals surface area contributed by atoms with Crippen LogP contribution in [0.1, 0.15) is 22.8 Å². The summed E-state index contributed by atoms with van der Waals surface area (Å²) in [6, 6.07) is 2.77. The third-order valence-corrected chi connectivity index (χ3v) is 10.1. The second kappa shape index (κ2) is 13.8. The molecule has 5 heterocycles. The standard InChI is InChI=1S/C21H28N7O17P3/c22-17-12-19(25-7-24-17)28(8-26-12)21-15(31)16(44-46(33,34)35)11(43-21)6-41-48(38,39)45-47(36,37)40-5-10-13(29)14(30)20(42-10)27-3-1-2-9(4-27)18(23)32/h1-4,7-8,10-11,13-16,20-21,29-31H,5-6H2,(H7-,22,23,24,25,32,33,34,35,36,37,38,39)/t10-,11-,13-,14-,15-,16-,20-,21-/m1/s1. The van der Waals surface area contributed by atoms with E-state index in [4.69, 9.17) is 20.9 Å². The van der Waals surface area contributed by atoms with Crippen LogP contribution in [0.15, 0.2) is 37.2 Å². The van der Waals surface area contributed by atoms with Crippen molar-refractivity contribution in [2.24, 2.45) is 5.73 Å². The maximum atomic E-state index is 12.6. The van der Waals surface area contributed by atoms with Gasteiger partial charge in [0.1, 0.15) is 47.9 Å². The molecule has 27 heteroatoms. The molecule has 3 aromatic rings. The van der Waals surface area contributed by atoms with E-state index in [-0.39, 0.29) is 22.5 Å². The number of fused-ring (bicyclic) bond motifs is 1. The molecule has 0 bridgehead atoms. The van der Waals surface area contributed by atoms with Crippen LogP contribution < -0.4 is 20.9 Å². The Hall–Kier alpha value is -2.86. The van der Waals surface area contributed by atoms with Crippen LogP contribution in [-0.4, -0.2) is 105 Å². The third-order valence-electron chi connectivity index (χ3n) is 6.97. The number of anilines is 1. The van der Waals surface area contributed by atoms with Crippen molar-refractivity contribution in [3.05, 3.63) is 42.7 Å². The van der Waals surface area contributed by atoms with Crippen LogP contribution in [0.5, 0.6) is 0 Å². The number of carbonyl (C=O) groups excluding carboxylic acids is 1. The number of ether oxygens (including phenoxy) is 2. The quantitative estimate of drug-likeness (QED) is 0.0621. The summed E-state index contributed by atoms with van der Waals surface area (Å²) in [5, 5.41) is 31.6. The van der Waals surface area contributed by atoms with Crippen LogP contribution in [-0.2, 0) is 41.1 Å². The van der Waals surface area contributed by atoms with Crippen molar-refractivity contribution in [3.63, 3.8) is 0 Å². The van der Waals surface area contributed by atoms with E-state index in [1.165, 1.54) is 29.1 Å². The Kier molecular flexibility index (Phi) is 10.5. The predicted octanol–water partition coefficient (Wildman–Crippen LogP) is -3.53. The fourth-order valence-electron chi connectivity index (χ4n) is 4.84. The fraction of sp³-hybridized carbons (Fsp3) is 0.476. The van der Waals surface area contributed by atoms with E-state index in [9.17, 15) is 53.4 Å². The lowest BCUT2D eigenvalue weighted by Crippen LogP contribution is -2.46. The Morgan fingerprint density at radius 1 is 1.02 bits per heavy atom. The van der Waals surface area contributed by atoms with Gasteiger partial charge in [0.05, 0.1) is 19.5 Å². The van der Waals surface area contributed by atoms with Crippen molar-refractivity contribution in [2.45, 2.75) is 49.1 Å². The van der Waals surface area contributed by atoms with Crippen LogP contribution in [0.3, 0.4) is 0 Å². The monoisotopic (exact) mass is 743 g/mol. The average molecular weight is 743 g/mol. The zero-order valence-corrected chi connectivity index (χ0v) is 26.6. The highest BCUT2D eigenvalue weighted by molar-refractivity contribution is 7.60. The number of nitrogen functional groups attached to an aromatic ring is 1. The van der Waals surface area contributed by atoms with E-state index >= 15 is 0 Å². The average Bonchev–Trinajstić information content (AvgIpc) is 3.64. The highest BCUT2D eigenvalue weighted by atomic mass is 31.3. The number of aliphatic hydroxyl groups excluding tert-OH is 3. The number of hydrogen-bond acceptors (Lipinski definition) is 18. The van der Waals surface area contributed by atoms with E-state index in [1.54, 1.807) is 0 Å². The van der Waals surface area contributed by atoms with Crippen molar-refractivity contribution in [1.82, 2.24) is 19.5 Å². The summed E-state index contributed by atoms with van der Waals surface area (Å²) in [4.78, 5) is 64.4. The van der Waals surface area contributed by atoms with Crippen LogP contribution >= 0.6 is 23.5 Å². The van der Waals surface area contributed by atoms with Crippen molar-refractivity contribution >= 4 is 46.4 Å². The Bertz CT molecular complexity index is 1810. The number of imidazole rings is 1. The molecule has 3 aromatic heterocycles. The summed E-state index contributed by atoms with van der Waals surface area (Å²) in [5.74, 6) is -0.846. The molecule has 2 aliphatic rings. The van der Waals surface area contributed by atoms with E-state index < -0.39 is 91.7 Å². The molecular formula is C21H28N7O17P3. The number of phosphoric acid groups is 3. The topological polar surface area (TPSA) is 368 Å². The van der Waals surface area contributed by atoms with Crippen molar-refractivity contribution in [3.8, 4) is 0 Å². The minimum absolute atomic E-state index is 0.0247. The predicted molar refractivity (Wildman–Crippen MR) is 148 cm³/mol. The van der Waals surface area contributed by atoms with Gasteiger partial charge in [0.25, 0.3) is 20.0 Å². The molecule has 1 amide bonds. The Morgan fingerprint density at radius 3 is 2.42 bits per heavy atom. The lowest BCUT2D eigenvalue weighted by atomic mass is 10.1. The summed E-state index contributed by atoms with van der Waals surface area (Å²) >= 11 is 0. The van der Waals surface area contributed by atoms with E-state index in [2.05, 4.69) is 32.8 Å². The summed E-state index contributed by atoms with van der Waals surface area (Å²) in [5.41, 5.74) is 11.1. The fourth-order valence-corrected chi connectivity index (χ4v) is 7.47. The molecule has 5 rings (SSSR count). The molecule has 264 valence electrons. The van der Waals surface area contributed by atoms with E-state index in [1.807, 2.05) is 0 Å². The smallest absolute Gasteiger partial charge is 0.478 e. The number of carbonyl (C=O) groups is 1. The Balaban J connectivity index is 1.22. The molecule has 48 heavy (non-hydrogen) atoms. The molecule has 24 nitrogen and oxygen atoms in total. The molecule has 0 aromatic carbocycles. The number of primary amides is 1. The highest BCUT2D eigenvalue weighted by Crippen LogP contribution is 2.59. The molecule has 0 aliphatic carbocycles. The summed E-state index contributed by atoms with van der Waals surface area (Å²) in [7, 11) is -16.7. The first-order valence-corrected chi connectivity index (χ1v) is 17.8. The normalized spacial score (nSPS) is 30.3. The zero-order valence-electron chi connectivity index (χ0n) is 23.9. The molecule has 2 aliphatic heterocycles. The number of nitrogens with zero attached hydrogens (tertiary/aromatic N) is 5. The van der Waals surface area contributed by atoms with Crippen LogP contribution in [0.4, 0.5) is 5.82 Å². The number of phosphoric ester groups is 3. The number of aromatic nitrogens is 5. The van der Waals surface area contributed by atoms with Crippen molar-refractivity contribution < 1.29 is 85.3 Å². The largest absolute Gasteiger partial charge is 0.756 e. The lowest BCUT2D eigenvalue weighted by molar-refractivity contribution is -0.765. The molecular weight excluding hydrogens is 715 g/mol. The summed E-state index contributed by atoms with van der Waals surface area (Å²) in [6.07, 6.45) is -8.59. The maximum absolute atomic E-state index is 12.6. The summed E-state index contributed by atoms with van der Waals surface area (Å²) < 4.78 is 67.9. The first-order chi connectivity index (χ1) is 22.4. The minimum atomic E-state index is -5.74. The van der Waals surface area contributed by atoms with E-state index in [0.717, 1.165) is 17.2 Å². The number of aliphatic hydroxyl groups is 3. The minimum Gasteiger partial charge on any atom is -0.756 e. The number of amides is 1. The molecule has 0 radical (unpaired) electrons. The molecule has 2 unspecified atom stereocenters. The molecule has 10 atom stereocenters. The number of pyridine rings is 1. The van der Waals surface area contributed by atoms with Gasteiger partial charge in [-0.25, -0.2) is 28.4 Å². The zero-order chi connectivity index (χ0) is 35.2. The first-order valence-electron chi connectivity index (χ1n) is 13.3. The molecule has 10 N–H and O–H groups in total.